The number of fused-ring (bicyclic) bond motifs is 1. The maximum Gasteiger partial charge on any atom is 0.0493 e. The number of hydrogen-bond acceptors (Lipinski definition) is 1. The van der Waals surface area contributed by atoms with Crippen LogP contribution >= 0.6 is 24.0 Å². The Morgan fingerprint density at radius 1 is 1.00 bits per heavy atom. The maximum atomic E-state index is 6.39. The van der Waals surface area contributed by atoms with Crippen LogP contribution in [0.1, 0.15) is 43.0 Å². The van der Waals surface area contributed by atoms with Crippen LogP contribution in [0.25, 0.3) is 10.9 Å². The number of hydrogen-bond donors (Lipinski definition) is 1. The molecule has 1 heterocycles. The lowest BCUT2D eigenvalue weighted by atomic mass is 10.1. The van der Waals surface area contributed by atoms with Crippen molar-refractivity contribution in [2.45, 2.75) is 46.2 Å². The van der Waals surface area contributed by atoms with Crippen LogP contribution in [-0.2, 0) is 13.1 Å². The van der Waals surface area contributed by atoms with Gasteiger partial charge >= 0.3 is 0 Å². The van der Waals surface area contributed by atoms with Gasteiger partial charge < -0.3 is 9.88 Å². The number of rotatable bonds is 8. The molecule has 0 atom stereocenters. The molecule has 0 aliphatic heterocycles. The molecule has 2 nitrogen and oxygen atoms in total. The summed E-state index contributed by atoms with van der Waals surface area (Å²) in [6, 6.07) is 16.8. The third-order valence-corrected chi connectivity index (χ3v) is 5.28. The average Bonchev–Trinajstić information content (AvgIpc) is 2.89. The first kappa shape index (κ1) is 20.8. The molecule has 1 aromatic heterocycles. The van der Waals surface area contributed by atoms with E-state index in [1.807, 2.05) is 12.1 Å². The van der Waals surface area contributed by atoms with Gasteiger partial charge in [-0.1, -0.05) is 67.8 Å². The van der Waals surface area contributed by atoms with Gasteiger partial charge in [-0.25, -0.2) is 0 Å². The molecule has 0 aliphatic carbocycles. The fourth-order valence-electron chi connectivity index (χ4n) is 3.44. The van der Waals surface area contributed by atoms with Gasteiger partial charge in [-0.3, -0.25) is 0 Å². The molecule has 3 rings (SSSR count). The van der Waals surface area contributed by atoms with E-state index < -0.39 is 0 Å². The fraction of sp³-hybridized carbons (Fsp3) is 0.364. The predicted octanol–water partition coefficient (Wildman–Crippen LogP) is 6.35. The first-order valence-electron chi connectivity index (χ1n) is 9.23. The highest BCUT2D eigenvalue weighted by atomic mass is 35.5. The molecule has 0 amide bonds. The van der Waals surface area contributed by atoms with Gasteiger partial charge in [0.25, 0.3) is 0 Å². The maximum absolute atomic E-state index is 6.39. The Morgan fingerprint density at radius 3 is 2.50 bits per heavy atom. The van der Waals surface area contributed by atoms with Crippen molar-refractivity contribution in [2.75, 3.05) is 6.54 Å². The fourth-order valence-corrected chi connectivity index (χ4v) is 3.64. The first-order chi connectivity index (χ1) is 12.2. The second kappa shape index (κ2) is 10.0. The summed E-state index contributed by atoms with van der Waals surface area (Å²) in [5.41, 5.74) is 5.17. The normalized spacial score (nSPS) is 10.9. The first-order valence-corrected chi connectivity index (χ1v) is 9.61. The van der Waals surface area contributed by atoms with Crippen LogP contribution in [0, 0.1) is 6.92 Å². The molecule has 2 aromatic carbocycles. The van der Waals surface area contributed by atoms with Crippen molar-refractivity contribution < 1.29 is 0 Å². The molecule has 26 heavy (non-hydrogen) atoms. The van der Waals surface area contributed by atoms with Gasteiger partial charge in [-0.05, 0) is 43.1 Å². The summed E-state index contributed by atoms with van der Waals surface area (Å²) in [7, 11) is 0. The molecule has 0 unspecified atom stereocenters. The predicted molar refractivity (Wildman–Crippen MR) is 116 cm³/mol. The van der Waals surface area contributed by atoms with E-state index in [0.29, 0.717) is 0 Å². The zero-order chi connectivity index (χ0) is 17.6. The molecule has 0 radical (unpaired) electrons. The Bertz CT molecular complexity index is 839. The number of nitrogens with one attached hydrogen (secondary N) is 1. The molecule has 140 valence electrons. The van der Waals surface area contributed by atoms with Gasteiger partial charge in [0.2, 0.25) is 0 Å². The van der Waals surface area contributed by atoms with Crippen LogP contribution in [0.15, 0.2) is 48.5 Å². The summed E-state index contributed by atoms with van der Waals surface area (Å²) >= 11 is 6.39. The average molecular weight is 391 g/mol. The lowest BCUT2D eigenvalue weighted by molar-refractivity contribution is 0.615. The third kappa shape index (κ3) is 4.62. The monoisotopic (exact) mass is 390 g/mol. The number of nitrogens with zero attached hydrogens (tertiary/aromatic N) is 1. The number of halogens is 2. The van der Waals surface area contributed by atoms with Gasteiger partial charge in [0.15, 0.2) is 0 Å². The van der Waals surface area contributed by atoms with Crippen molar-refractivity contribution in [1.82, 2.24) is 9.88 Å². The minimum Gasteiger partial charge on any atom is -0.340 e. The van der Waals surface area contributed by atoms with Crippen LogP contribution < -0.4 is 5.32 Å². The Hall–Kier alpha value is -1.48. The molecule has 0 spiro atoms. The molecule has 0 saturated carbocycles. The SMILES string of the molecule is CCCCCNCc1c(C)n(Cc2ccccc2Cl)c2ccccc12.Cl. The number of para-hydroxylation sites is 1. The smallest absolute Gasteiger partial charge is 0.0493 e. The topological polar surface area (TPSA) is 17.0 Å². The molecule has 4 heteroatoms. The molecular weight excluding hydrogens is 363 g/mol. The zero-order valence-electron chi connectivity index (χ0n) is 15.6. The van der Waals surface area contributed by atoms with E-state index >= 15 is 0 Å². The van der Waals surface area contributed by atoms with Crippen LogP contribution in [0.2, 0.25) is 5.02 Å². The molecule has 0 fully saturated rings. The van der Waals surface area contributed by atoms with E-state index in [4.69, 9.17) is 11.6 Å². The summed E-state index contributed by atoms with van der Waals surface area (Å²) < 4.78 is 2.39. The van der Waals surface area contributed by atoms with Gasteiger partial charge in [-0.2, -0.15) is 0 Å². The van der Waals surface area contributed by atoms with E-state index in [2.05, 4.69) is 60.1 Å². The van der Waals surface area contributed by atoms with Crippen LogP contribution in [0.3, 0.4) is 0 Å². The Balaban J connectivity index is 0.00000243. The molecule has 3 aromatic rings. The van der Waals surface area contributed by atoms with E-state index in [1.54, 1.807) is 0 Å². The van der Waals surface area contributed by atoms with Crippen molar-refractivity contribution >= 4 is 34.9 Å². The molecule has 0 saturated heterocycles. The Morgan fingerprint density at radius 2 is 1.73 bits per heavy atom. The summed E-state index contributed by atoms with van der Waals surface area (Å²) in [5, 5.41) is 5.79. The van der Waals surface area contributed by atoms with E-state index in [0.717, 1.165) is 30.2 Å². The Labute approximate surface area is 168 Å². The largest absolute Gasteiger partial charge is 0.340 e. The standard InChI is InChI=1S/C22H27ClN2.ClH/c1-3-4-9-14-24-15-20-17(2)25(22-13-8-6-11-19(20)22)16-18-10-5-7-12-21(18)23;/h5-8,10-13,24H,3-4,9,14-16H2,1-2H3;1H. The molecular formula is C22H28Cl2N2. The van der Waals surface area contributed by atoms with Crippen LogP contribution in [0.4, 0.5) is 0 Å². The van der Waals surface area contributed by atoms with Crippen LogP contribution in [0.5, 0.6) is 0 Å². The lowest BCUT2D eigenvalue weighted by Crippen LogP contribution is -2.15. The number of benzene rings is 2. The van der Waals surface area contributed by atoms with Gasteiger partial charge in [0.05, 0.1) is 0 Å². The summed E-state index contributed by atoms with van der Waals surface area (Å²) in [6.45, 7) is 7.27. The zero-order valence-corrected chi connectivity index (χ0v) is 17.2. The Kier molecular flexibility index (Phi) is 8.02. The van der Waals surface area contributed by atoms with Gasteiger partial charge in [0.1, 0.15) is 0 Å². The lowest BCUT2D eigenvalue weighted by Gasteiger charge is -2.11. The van der Waals surface area contributed by atoms with Crippen molar-refractivity contribution in [2.24, 2.45) is 0 Å². The van der Waals surface area contributed by atoms with Gasteiger partial charge in [0, 0.05) is 34.7 Å². The van der Waals surface area contributed by atoms with Crippen LogP contribution in [-0.4, -0.2) is 11.1 Å². The van der Waals surface area contributed by atoms with E-state index in [1.165, 1.54) is 41.4 Å². The highest BCUT2D eigenvalue weighted by Crippen LogP contribution is 2.28. The third-order valence-electron chi connectivity index (χ3n) is 4.91. The second-order valence-corrected chi connectivity index (χ2v) is 7.05. The molecule has 0 bridgehead atoms. The highest BCUT2D eigenvalue weighted by Gasteiger charge is 2.14. The highest BCUT2D eigenvalue weighted by molar-refractivity contribution is 6.31. The number of aromatic nitrogens is 1. The summed E-state index contributed by atoms with van der Waals surface area (Å²) in [6.07, 6.45) is 3.80. The van der Waals surface area contributed by atoms with Crippen molar-refractivity contribution in [3.63, 3.8) is 0 Å². The summed E-state index contributed by atoms with van der Waals surface area (Å²) in [5.74, 6) is 0. The molecule has 0 aliphatic rings. The molecule has 1 N–H and O–H groups in total. The van der Waals surface area contributed by atoms with E-state index in [9.17, 15) is 0 Å². The summed E-state index contributed by atoms with van der Waals surface area (Å²) in [4.78, 5) is 0. The minimum absolute atomic E-state index is 0. The van der Waals surface area contributed by atoms with Crippen molar-refractivity contribution in [1.29, 1.82) is 0 Å². The minimum atomic E-state index is 0. The number of unbranched alkanes of at least 4 members (excludes halogenated alkanes) is 2. The van der Waals surface area contributed by atoms with Crippen molar-refractivity contribution in [3.05, 3.63) is 70.4 Å². The second-order valence-electron chi connectivity index (χ2n) is 6.64. The van der Waals surface area contributed by atoms with Gasteiger partial charge in [-0.15, -0.1) is 12.4 Å². The van der Waals surface area contributed by atoms with E-state index in [-0.39, 0.29) is 12.4 Å². The quantitative estimate of drug-likeness (QED) is 0.443. The van der Waals surface area contributed by atoms with Crippen molar-refractivity contribution in [3.8, 4) is 0 Å².